The van der Waals surface area contributed by atoms with Crippen molar-refractivity contribution in [2.24, 2.45) is 0 Å². The number of aromatic nitrogens is 1. The Morgan fingerprint density at radius 1 is 1.11 bits per heavy atom. The lowest BCUT2D eigenvalue weighted by molar-refractivity contribution is 0.135. The minimum absolute atomic E-state index is 0.0277. The van der Waals surface area contributed by atoms with Crippen LogP contribution in [0.3, 0.4) is 0 Å². The van der Waals surface area contributed by atoms with Crippen LogP contribution in [0.5, 0.6) is 11.6 Å². The lowest BCUT2D eigenvalue weighted by Crippen LogP contribution is -2.19. The van der Waals surface area contributed by atoms with Crippen molar-refractivity contribution in [3.05, 3.63) is 12.3 Å². The van der Waals surface area contributed by atoms with E-state index in [1.807, 2.05) is 0 Å². The van der Waals surface area contributed by atoms with Crippen LogP contribution < -0.4 is 15.2 Å². The number of ether oxygens (including phenoxy) is 4. The molecule has 19 heavy (non-hydrogen) atoms. The van der Waals surface area contributed by atoms with E-state index < -0.39 is 0 Å². The average molecular weight is 266 g/mol. The number of nitrogens with zero attached hydrogens (tertiary/aromatic N) is 1. The largest absolute Gasteiger partial charge is 0.485 e. The van der Waals surface area contributed by atoms with Gasteiger partial charge in [-0.15, -0.1) is 0 Å². The monoisotopic (exact) mass is 266 g/mol. The highest BCUT2D eigenvalue weighted by Crippen LogP contribution is 2.32. The molecule has 0 aliphatic carbocycles. The molecule has 104 valence electrons. The second kappa shape index (κ2) is 5.63. The van der Waals surface area contributed by atoms with E-state index in [1.165, 1.54) is 0 Å². The van der Waals surface area contributed by atoms with Gasteiger partial charge in [0.2, 0.25) is 5.88 Å². The van der Waals surface area contributed by atoms with E-state index in [-0.39, 0.29) is 12.2 Å². The topological polar surface area (TPSA) is 75.8 Å². The molecule has 6 nitrogen and oxygen atoms in total. The Kier molecular flexibility index (Phi) is 3.70. The second-order valence-corrected chi connectivity index (χ2v) is 4.73. The van der Waals surface area contributed by atoms with E-state index >= 15 is 0 Å². The summed E-state index contributed by atoms with van der Waals surface area (Å²) in [7, 11) is 0. The molecule has 2 fully saturated rings. The summed E-state index contributed by atoms with van der Waals surface area (Å²) in [5.41, 5.74) is 6.49. The standard InChI is InChI=1S/C13H18N2O4/c14-12-11(18-9-2-5-16-7-9)1-4-15-13(12)19-10-3-6-17-8-10/h1,4,9-10H,2-3,5-8,14H2. The van der Waals surface area contributed by atoms with Crippen LogP contribution in [0.25, 0.3) is 0 Å². The summed E-state index contributed by atoms with van der Waals surface area (Å²) in [4.78, 5) is 4.16. The molecule has 2 aliphatic rings. The van der Waals surface area contributed by atoms with Crippen LogP contribution in [0.15, 0.2) is 12.3 Å². The summed E-state index contributed by atoms with van der Waals surface area (Å²) >= 11 is 0. The first-order valence-corrected chi connectivity index (χ1v) is 6.56. The SMILES string of the molecule is Nc1c(OC2CCOC2)ccnc1OC1CCOC1. The van der Waals surface area contributed by atoms with E-state index in [0.29, 0.717) is 30.5 Å². The normalized spacial score (nSPS) is 26.5. The zero-order valence-electron chi connectivity index (χ0n) is 10.7. The molecule has 2 saturated heterocycles. The third-order valence-electron chi connectivity index (χ3n) is 3.26. The second-order valence-electron chi connectivity index (χ2n) is 4.73. The molecule has 0 bridgehead atoms. The van der Waals surface area contributed by atoms with Crippen molar-refractivity contribution in [2.75, 3.05) is 32.2 Å². The predicted molar refractivity (Wildman–Crippen MR) is 68.4 cm³/mol. The summed E-state index contributed by atoms with van der Waals surface area (Å²) in [5, 5.41) is 0. The third kappa shape index (κ3) is 2.90. The Morgan fingerprint density at radius 2 is 1.79 bits per heavy atom. The van der Waals surface area contributed by atoms with Gasteiger partial charge in [-0.1, -0.05) is 0 Å². The van der Waals surface area contributed by atoms with Crippen LogP contribution in [0.4, 0.5) is 5.69 Å². The first-order chi connectivity index (χ1) is 9.33. The van der Waals surface area contributed by atoms with E-state index in [1.54, 1.807) is 12.3 Å². The first-order valence-electron chi connectivity index (χ1n) is 6.56. The third-order valence-corrected chi connectivity index (χ3v) is 3.26. The predicted octanol–water partition coefficient (Wildman–Crippen LogP) is 0.999. The number of pyridine rings is 1. The van der Waals surface area contributed by atoms with E-state index in [2.05, 4.69) is 4.98 Å². The van der Waals surface area contributed by atoms with Crippen molar-refractivity contribution in [2.45, 2.75) is 25.0 Å². The molecule has 2 atom stereocenters. The van der Waals surface area contributed by atoms with Gasteiger partial charge in [-0.2, -0.15) is 0 Å². The van der Waals surface area contributed by atoms with Gasteiger partial charge in [0, 0.05) is 25.1 Å². The minimum atomic E-state index is 0.0277. The van der Waals surface area contributed by atoms with Gasteiger partial charge < -0.3 is 24.7 Å². The number of hydrogen-bond acceptors (Lipinski definition) is 6. The van der Waals surface area contributed by atoms with Gasteiger partial charge in [-0.3, -0.25) is 0 Å². The van der Waals surface area contributed by atoms with Crippen molar-refractivity contribution < 1.29 is 18.9 Å². The maximum Gasteiger partial charge on any atom is 0.241 e. The van der Waals surface area contributed by atoms with Crippen molar-refractivity contribution in [1.82, 2.24) is 4.98 Å². The van der Waals surface area contributed by atoms with Gasteiger partial charge in [-0.05, 0) is 0 Å². The summed E-state index contributed by atoms with van der Waals surface area (Å²) in [6.07, 6.45) is 3.48. The highest BCUT2D eigenvalue weighted by molar-refractivity contribution is 5.59. The smallest absolute Gasteiger partial charge is 0.241 e. The minimum Gasteiger partial charge on any atom is -0.485 e. The molecule has 0 spiro atoms. The van der Waals surface area contributed by atoms with Crippen molar-refractivity contribution in [3.63, 3.8) is 0 Å². The molecule has 0 radical (unpaired) electrons. The summed E-state index contributed by atoms with van der Waals surface area (Å²) < 4.78 is 22.1. The fourth-order valence-electron chi connectivity index (χ4n) is 2.18. The van der Waals surface area contributed by atoms with Gasteiger partial charge in [0.1, 0.15) is 23.6 Å². The van der Waals surface area contributed by atoms with E-state index in [0.717, 1.165) is 26.1 Å². The zero-order valence-corrected chi connectivity index (χ0v) is 10.7. The zero-order chi connectivity index (χ0) is 13.1. The number of anilines is 1. The maximum atomic E-state index is 6.05. The van der Waals surface area contributed by atoms with Crippen LogP contribution in [0, 0.1) is 0 Å². The number of nitrogen functional groups attached to an aromatic ring is 1. The van der Waals surface area contributed by atoms with Crippen LogP contribution in [0.1, 0.15) is 12.8 Å². The van der Waals surface area contributed by atoms with Gasteiger partial charge in [0.15, 0.2) is 0 Å². The van der Waals surface area contributed by atoms with Crippen molar-refractivity contribution >= 4 is 5.69 Å². The van der Waals surface area contributed by atoms with Crippen LogP contribution >= 0.6 is 0 Å². The average Bonchev–Trinajstić information content (AvgIpc) is 3.07. The number of hydrogen-bond donors (Lipinski definition) is 1. The van der Waals surface area contributed by atoms with Gasteiger partial charge in [0.05, 0.1) is 26.4 Å². The van der Waals surface area contributed by atoms with Crippen molar-refractivity contribution in [3.8, 4) is 11.6 Å². The Labute approximate surface area is 111 Å². The van der Waals surface area contributed by atoms with Gasteiger partial charge in [-0.25, -0.2) is 4.98 Å². The molecule has 3 heterocycles. The van der Waals surface area contributed by atoms with Crippen LogP contribution in [-0.2, 0) is 9.47 Å². The molecule has 2 unspecified atom stereocenters. The van der Waals surface area contributed by atoms with Crippen LogP contribution in [0.2, 0.25) is 0 Å². The van der Waals surface area contributed by atoms with Gasteiger partial charge in [0.25, 0.3) is 0 Å². The Bertz CT molecular complexity index is 392. The molecule has 0 saturated carbocycles. The highest BCUT2D eigenvalue weighted by Gasteiger charge is 2.22. The summed E-state index contributed by atoms with van der Waals surface area (Å²) in [6, 6.07) is 1.76. The molecule has 2 N–H and O–H groups in total. The maximum absolute atomic E-state index is 6.05. The molecule has 3 rings (SSSR count). The number of nitrogens with two attached hydrogens (primary N) is 1. The first kappa shape index (κ1) is 12.5. The molecule has 1 aromatic heterocycles. The molecule has 0 aromatic carbocycles. The summed E-state index contributed by atoms with van der Waals surface area (Å²) in [5.74, 6) is 1.03. The highest BCUT2D eigenvalue weighted by atomic mass is 16.6. The quantitative estimate of drug-likeness (QED) is 0.876. The van der Waals surface area contributed by atoms with Gasteiger partial charge >= 0.3 is 0 Å². The van der Waals surface area contributed by atoms with Crippen molar-refractivity contribution in [1.29, 1.82) is 0 Å². The molecule has 0 amide bonds. The molecular formula is C13H18N2O4. The molecule has 6 heteroatoms. The fourth-order valence-corrected chi connectivity index (χ4v) is 2.18. The van der Waals surface area contributed by atoms with E-state index in [4.69, 9.17) is 24.7 Å². The van der Waals surface area contributed by atoms with Crippen LogP contribution in [-0.4, -0.2) is 43.6 Å². The Morgan fingerprint density at radius 3 is 2.42 bits per heavy atom. The summed E-state index contributed by atoms with van der Waals surface area (Å²) in [6.45, 7) is 2.65. The Hall–Kier alpha value is -1.53. The van der Waals surface area contributed by atoms with E-state index in [9.17, 15) is 0 Å². The molecular weight excluding hydrogens is 248 g/mol. The molecule has 2 aliphatic heterocycles. The fraction of sp³-hybridized carbons (Fsp3) is 0.615. The lowest BCUT2D eigenvalue weighted by Gasteiger charge is -2.17. The Balaban J connectivity index is 1.69. The molecule has 1 aromatic rings. The lowest BCUT2D eigenvalue weighted by atomic mass is 10.3. The number of rotatable bonds is 4.